The molecule has 0 bridgehead atoms. The Morgan fingerprint density at radius 1 is 0.737 bits per heavy atom. The Kier molecular flexibility index (Phi) is 2.06. The molecule has 0 unspecified atom stereocenters. The van der Waals surface area contributed by atoms with Crippen molar-refractivity contribution in [3.8, 4) is 0 Å². The van der Waals surface area contributed by atoms with Crippen LogP contribution in [0.2, 0.25) is 0 Å². The summed E-state index contributed by atoms with van der Waals surface area (Å²) in [4.78, 5) is 12.9. The Morgan fingerprint density at radius 2 is 1.21 bits per heavy atom. The molecule has 0 heterocycles. The molecule has 2 aliphatic carbocycles. The van der Waals surface area contributed by atoms with Gasteiger partial charge in [0.2, 0.25) is 0 Å². The van der Waals surface area contributed by atoms with Crippen LogP contribution in [0.5, 0.6) is 0 Å². The van der Waals surface area contributed by atoms with Gasteiger partial charge in [-0.1, -0.05) is 60.7 Å². The van der Waals surface area contributed by atoms with Crippen molar-refractivity contribution in [3.63, 3.8) is 0 Å². The fraction of sp³-hybridized carbons (Fsp3) is 0.278. The van der Waals surface area contributed by atoms with E-state index in [-0.39, 0.29) is 10.8 Å². The highest BCUT2D eigenvalue weighted by Crippen LogP contribution is 2.67. The van der Waals surface area contributed by atoms with E-state index in [4.69, 9.17) is 0 Å². The minimum atomic E-state index is -0.376. The molecule has 0 saturated heterocycles. The number of carbonyl (C=O) groups is 1. The average Bonchev–Trinajstić information content (AvgIpc) is 3.28. The summed E-state index contributed by atoms with van der Waals surface area (Å²) in [5.41, 5.74) is 1.97. The predicted molar refractivity (Wildman–Crippen MR) is 75.0 cm³/mol. The summed E-state index contributed by atoms with van der Waals surface area (Å²) >= 11 is 0. The molecular formula is C18H16O. The summed E-state index contributed by atoms with van der Waals surface area (Å²) in [5.74, 6) is 0.442. The first kappa shape index (κ1) is 11.0. The first-order valence-corrected chi connectivity index (χ1v) is 6.94. The number of Topliss-reactive ketones (excluding diaryl/α,β-unsaturated/α-hetero) is 1. The molecule has 2 saturated carbocycles. The van der Waals surface area contributed by atoms with Crippen LogP contribution >= 0.6 is 0 Å². The van der Waals surface area contributed by atoms with Crippen LogP contribution in [0.1, 0.15) is 30.4 Å². The van der Waals surface area contributed by atoms with Crippen molar-refractivity contribution in [1.29, 1.82) is 0 Å². The maximum absolute atomic E-state index is 12.9. The molecule has 1 spiro atoms. The van der Waals surface area contributed by atoms with Crippen molar-refractivity contribution in [2.45, 2.75) is 24.7 Å². The van der Waals surface area contributed by atoms with Gasteiger partial charge in [-0.15, -0.1) is 0 Å². The Hall–Kier alpha value is -1.89. The minimum Gasteiger partial charge on any atom is -0.298 e. The molecule has 2 fully saturated rings. The van der Waals surface area contributed by atoms with Crippen LogP contribution in [0.3, 0.4) is 0 Å². The lowest BCUT2D eigenvalue weighted by Crippen LogP contribution is -2.54. The third kappa shape index (κ3) is 1.33. The van der Waals surface area contributed by atoms with Crippen molar-refractivity contribution in [2.75, 3.05) is 0 Å². The van der Waals surface area contributed by atoms with Gasteiger partial charge in [0.25, 0.3) is 0 Å². The fourth-order valence-electron chi connectivity index (χ4n) is 3.65. The van der Waals surface area contributed by atoms with Gasteiger partial charge in [0.15, 0.2) is 5.78 Å². The van der Waals surface area contributed by atoms with E-state index >= 15 is 0 Å². The first-order valence-electron chi connectivity index (χ1n) is 6.94. The Balaban J connectivity index is 1.88. The van der Waals surface area contributed by atoms with Gasteiger partial charge in [0.1, 0.15) is 0 Å². The SMILES string of the molecule is O=C1C2(CC2)CC1(c1ccccc1)c1ccccc1. The normalized spacial score (nSPS) is 22.0. The number of ketones is 1. The summed E-state index contributed by atoms with van der Waals surface area (Å²) in [7, 11) is 0. The molecule has 1 heteroatoms. The molecule has 0 N–H and O–H groups in total. The minimum absolute atomic E-state index is 0.0334. The third-order valence-electron chi connectivity index (χ3n) is 4.86. The van der Waals surface area contributed by atoms with Gasteiger partial charge in [-0.25, -0.2) is 0 Å². The second-order valence-corrected chi connectivity index (χ2v) is 5.92. The largest absolute Gasteiger partial charge is 0.298 e. The zero-order chi connectivity index (χ0) is 12.9. The Bertz CT molecular complexity index is 584. The van der Waals surface area contributed by atoms with E-state index in [2.05, 4.69) is 24.3 Å². The van der Waals surface area contributed by atoms with Gasteiger partial charge >= 0.3 is 0 Å². The topological polar surface area (TPSA) is 17.1 Å². The van der Waals surface area contributed by atoms with Crippen LogP contribution in [0.4, 0.5) is 0 Å². The molecule has 0 amide bonds. The van der Waals surface area contributed by atoms with Crippen LogP contribution in [0, 0.1) is 5.41 Å². The number of hydrogen-bond acceptors (Lipinski definition) is 1. The van der Waals surface area contributed by atoms with E-state index in [1.807, 2.05) is 36.4 Å². The number of benzene rings is 2. The van der Waals surface area contributed by atoms with Gasteiger partial charge in [0.05, 0.1) is 5.41 Å². The first-order chi connectivity index (χ1) is 9.28. The van der Waals surface area contributed by atoms with Gasteiger partial charge in [-0.05, 0) is 30.4 Å². The monoisotopic (exact) mass is 248 g/mol. The molecule has 2 aliphatic rings. The molecular weight excluding hydrogens is 232 g/mol. The summed E-state index contributed by atoms with van der Waals surface area (Å²) in [6.07, 6.45) is 3.17. The standard InChI is InChI=1S/C18H16O/c19-16-17(11-12-17)13-18(16,14-7-3-1-4-8-14)15-9-5-2-6-10-15/h1-10H,11-13H2. The lowest BCUT2D eigenvalue weighted by atomic mass is 9.52. The summed E-state index contributed by atoms with van der Waals surface area (Å²) < 4.78 is 0. The summed E-state index contributed by atoms with van der Waals surface area (Å²) in [6.45, 7) is 0. The molecule has 94 valence electrons. The molecule has 0 aliphatic heterocycles. The second kappa shape index (κ2) is 3.57. The number of rotatable bonds is 2. The van der Waals surface area contributed by atoms with E-state index in [1.54, 1.807) is 0 Å². The lowest BCUT2D eigenvalue weighted by Gasteiger charge is -2.47. The van der Waals surface area contributed by atoms with E-state index < -0.39 is 0 Å². The summed E-state index contributed by atoms with van der Waals surface area (Å²) in [5, 5.41) is 0. The maximum Gasteiger partial charge on any atom is 0.154 e. The van der Waals surface area contributed by atoms with Crippen LogP contribution in [-0.4, -0.2) is 5.78 Å². The highest BCUT2D eigenvalue weighted by molar-refractivity contribution is 6.06. The van der Waals surface area contributed by atoms with Gasteiger partial charge < -0.3 is 0 Å². The zero-order valence-corrected chi connectivity index (χ0v) is 10.8. The highest BCUT2D eigenvalue weighted by atomic mass is 16.1. The summed E-state index contributed by atoms with van der Waals surface area (Å²) in [6, 6.07) is 20.5. The molecule has 2 aromatic rings. The highest BCUT2D eigenvalue weighted by Gasteiger charge is 2.69. The van der Waals surface area contributed by atoms with Crippen molar-refractivity contribution in [1.82, 2.24) is 0 Å². The molecule has 0 aromatic heterocycles. The van der Waals surface area contributed by atoms with Gasteiger partial charge in [-0.2, -0.15) is 0 Å². The smallest absolute Gasteiger partial charge is 0.154 e. The molecule has 4 rings (SSSR count). The van der Waals surface area contributed by atoms with Crippen molar-refractivity contribution in [2.24, 2.45) is 5.41 Å². The van der Waals surface area contributed by atoms with E-state index in [0.29, 0.717) is 5.78 Å². The Morgan fingerprint density at radius 3 is 1.58 bits per heavy atom. The third-order valence-corrected chi connectivity index (χ3v) is 4.86. The fourth-order valence-corrected chi connectivity index (χ4v) is 3.65. The van der Waals surface area contributed by atoms with Gasteiger partial charge in [-0.3, -0.25) is 4.79 Å². The van der Waals surface area contributed by atoms with E-state index in [9.17, 15) is 4.79 Å². The van der Waals surface area contributed by atoms with Crippen LogP contribution in [0.15, 0.2) is 60.7 Å². The lowest BCUT2D eigenvalue weighted by molar-refractivity contribution is -0.138. The van der Waals surface area contributed by atoms with Crippen LogP contribution < -0.4 is 0 Å². The quantitative estimate of drug-likeness (QED) is 0.791. The average molecular weight is 248 g/mol. The number of carbonyl (C=O) groups excluding carboxylic acids is 1. The van der Waals surface area contributed by atoms with E-state index in [0.717, 1.165) is 30.4 Å². The zero-order valence-electron chi connectivity index (χ0n) is 10.8. The predicted octanol–water partition coefficient (Wildman–Crippen LogP) is 3.73. The van der Waals surface area contributed by atoms with Crippen molar-refractivity contribution >= 4 is 5.78 Å². The van der Waals surface area contributed by atoms with Crippen molar-refractivity contribution in [3.05, 3.63) is 71.8 Å². The second-order valence-electron chi connectivity index (χ2n) is 5.92. The van der Waals surface area contributed by atoms with Crippen LogP contribution in [0.25, 0.3) is 0 Å². The molecule has 19 heavy (non-hydrogen) atoms. The molecule has 2 aromatic carbocycles. The molecule has 0 radical (unpaired) electrons. The maximum atomic E-state index is 12.9. The Labute approximate surface area is 113 Å². The van der Waals surface area contributed by atoms with E-state index in [1.165, 1.54) is 0 Å². The van der Waals surface area contributed by atoms with Gasteiger partial charge in [0, 0.05) is 5.41 Å². The number of hydrogen-bond donors (Lipinski definition) is 0. The molecule has 0 atom stereocenters. The van der Waals surface area contributed by atoms with Crippen LogP contribution in [-0.2, 0) is 10.2 Å². The van der Waals surface area contributed by atoms with Crippen molar-refractivity contribution < 1.29 is 4.79 Å². The molecule has 1 nitrogen and oxygen atoms in total.